The predicted octanol–water partition coefficient (Wildman–Crippen LogP) is 4.94. The molecule has 0 spiro atoms. The molecule has 41 heavy (non-hydrogen) atoms. The Morgan fingerprint density at radius 2 is 1.83 bits per heavy atom. The van der Waals surface area contributed by atoms with E-state index in [1.807, 2.05) is 47.9 Å². The zero-order valence-corrected chi connectivity index (χ0v) is 24.6. The molecule has 5 rings (SSSR count). The number of anilines is 1. The summed E-state index contributed by atoms with van der Waals surface area (Å²) in [4.78, 5) is 17.4. The Balaban J connectivity index is 1.34. The quantitative estimate of drug-likeness (QED) is 0.257. The number of ether oxygens (including phenoxy) is 1. The molecule has 1 amide bonds. The average Bonchev–Trinajstić information content (AvgIpc) is 3.42. The second-order valence-electron chi connectivity index (χ2n) is 9.59. The van der Waals surface area contributed by atoms with Crippen LogP contribution in [0.2, 0.25) is 0 Å². The van der Waals surface area contributed by atoms with Crippen molar-refractivity contribution in [2.75, 3.05) is 30.8 Å². The fourth-order valence-electron chi connectivity index (χ4n) is 4.66. The van der Waals surface area contributed by atoms with Gasteiger partial charge in [0.15, 0.2) is 11.0 Å². The number of benzene rings is 2. The van der Waals surface area contributed by atoms with E-state index in [2.05, 4.69) is 20.5 Å². The van der Waals surface area contributed by atoms with E-state index in [0.717, 1.165) is 36.3 Å². The number of aromatic nitrogens is 4. The van der Waals surface area contributed by atoms with E-state index in [-0.39, 0.29) is 16.6 Å². The molecule has 0 aliphatic carbocycles. The highest BCUT2D eigenvalue weighted by molar-refractivity contribution is 7.99. The number of carbonyl (C=O) groups excluding carboxylic acids is 1. The summed E-state index contributed by atoms with van der Waals surface area (Å²) >= 11 is 1.23. The summed E-state index contributed by atoms with van der Waals surface area (Å²) in [5.41, 5.74) is 2.67. The number of rotatable bonds is 10. The summed E-state index contributed by atoms with van der Waals surface area (Å²) in [6.45, 7) is 5.30. The Labute approximate surface area is 244 Å². The van der Waals surface area contributed by atoms with E-state index in [9.17, 15) is 13.2 Å². The van der Waals surface area contributed by atoms with Crippen LogP contribution in [0, 0.1) is 6.92 Å². The van der Waals surface area contributed by atoms with E-state index in [0.29, 0.717) is 41.9 Å². The first-order valence-corrected chi connectivity index (χ1v) is 15.9. The minimum absolute atomic E-state index is 0.0459. The van der Waals surface area contributed by atoms with Crippen LogP contribution in [-0.4, -0.2) is 63.8 Å². The number of aryl methyl sites for hydroxylation is 1. The SMILES string of the molecule is CCOc1ccc(-n2c(SCC(=O)Nc3ccc(C)c(S(=O)(=O)N4CCCCC4)c3)nnc2-c2cccnc2)cc1. The number of thioether (sulfide) groups is 1. The van der Waals surface area contributed by atoms with Crippen molar-refractivity contribution in [3.8, 4) is 22.8 Å². The molecule has 214 valence electrons. The zero-order valence-electron chi connectivity index (χ0n) is 23.0. The number of sulfonamides is 1. The highest BCUT2D eigenvalue weighted by Crippen LogP contribution is 2.30. The molecule has 0 saturated carbocycles. The van der Waals surface area contributed by atoms with Crippen molar-refractivity contribution in [3.63, 3.8) is 0 Å². The molecule has 0 bridgehead atoms. The standard InChI is InChI=1S/C29H32N6O4S2/c1-3-39-25-13-11-24(12-14-25)35-28(22-8-7-15-30-19-22)32-33-29(35)40-20-27(36)31-23-10-9-21(2)26(18-23)41(37,38)34-16-5-4-6-17-34/h7-15,18-19H,3-6,16-17,20H2,1-2H3,(H,31,36). The molecule has 1 N–H and O–H groups in total. The van der Waals surface area contributed by atoms with Gasteiger partial charge in [0, 0.05) is 42.4 Å². The van der Waals surface area contributed by atoms with Crippen LogP contribution in [0.4, 0.5) is 5.69 Å². The number of nitrogens with zero attached hydrogens (tertiary/aromatic N) is 5. The maximum absolute atomic E-state index is 13.3. The van der Waals surface area contributed by atoms with Gasteiger partial charge in [-0.1, -0.05) is 24.2 Å². The van der Waals surface area contributed by atoms with Gasteiger partial charge in [0.2, 0.25) is 15.9 Å². The molecule has 1 aliphatic rings. The van der Waals surface area contributed by atoms with Crippen molar-refractivity contribution in [2.24, 2.45) is 0 Å². The normalized spacial score (nSPS) is 14.1. The number of pyridine rings is 1. The monoisotopic (exact) mass is 592 g/mol. The molecule has 2 aromatic heterocycles. The molecule has 2 aromatic carbocycles. The van der Waals surface area contributed by atoms with Gasteiger partial charge in [0.1, 0.15) is 5.75 Å². The summed E-state index contributed by atoms with van der Waals surface area (Å²) in [5, 5.41) is 12.1. The molecular weight excluding hydrogens is 560 g/mol. The van der Waals surface area contributed by atoms with Crippen molar-refractivity contribution in [1.82, 2.24) is 24.1 Å². The summed E-state index contributed by atoms with van der Waals surface area (Å²) in [6, 6.07) is 16.3. The Morgan fingerprint density at radius 1 is 1.05 bits per heavy atom. The number of piperidine rings is 1. The van der Waals surface area contributed by atoms with Gasteiger partial charge in [-0.25, -0.2) is 8.42 Å². The fraction of sp³-hybridized carbons (Fsp3) is 0.310. The van der Waals surface area contributed by atoms with Crippen molar-refractivity contribution in [1.29, 1.82) is 0 Å². The Kier molecular flexibility index (Phi) is 9.01. The van der Waals surface area contributed by atoms with Gasteiger partial charge in [-0.2, -0.15) is 4.31 Å². The first-order chi connectivity index (χ1) is 19.9. The number of hydrogen-bond acceptors (Lipinski definition) is 8. The molecule has 1 aliphatic heterocycles. The molecule has 12 heteroatoms. The van der Waals surface area contributed by atoms with E-state index < -0.39 is 10.0 Å². The highest BCUT2D eigenvalue weighted by Gasteiger charge is 2.28. The van der Waals surface area contributed by atoms with Gasteiger partial charge >= 0.3 is 0 Å². The lowest BCUT2D eigenvalue weighted by molar-refractivity contribution is -0.113. The number of hydrogen-bond donors (Lipinski definition) is 1. The maximum Gasteiger partial charge on any atom is 0.243 e. The first kappa shape index (κ1) is 28.8. The number of amides is 1. The van der Waals surface area contributed by atoms with Crippen molar-refractivity contribution in [2.45, 2.75) is 43.2 Å². The summed E-state index contributed by atoms with van der Waals surface area (Å²) < 4.78 is 35.6. The summed E-state index contributed by atoms with van der Waals surface area (Å²) in [6.07, 6.45) is 6.15. The lowest BCUT2D eigenvalue weighted by atomic mass is 10.2. The number of nitrogens with one attached hydrogen (secondary N) is 1. The van der Waals surface area contributed by atoms with E-state index in [1.54, 1.807) is 37.5 Å². The van der Waals surface area contributed by atoms with Gasteiger partial charge < -0.3 is 10.1 Å². The van der Waals surface area contributed by atoms with Gasteiger partial charge in [-0.15, -0.1) is 10.2 Å². The van der Waals surface area contributed by atoms with E-state index in [1.165, 1.54) is 16.1 Å². The smallest absolute Gasteiger partial charge is 0.243 e. The number of carbonyl (C=O) groups is 1. The van der Waals surface area contributed by atoms with Gasteiger partial charge in [0.25, 0.3) is 0 Å². The molecular formula is C29H32N6O4S2. The van der Waals surface area contributed by atoms with E-state index in [4.69, 9.17) is 4.74 Å². The third-order valence-electron chi connectivity index (χ3n) is 6.70. The minimum Gasteiger partial charge on any atom is -0.494 e. The van der Waals surface area contributed by atoms with Gasteiger partial charge in [-0.3, -0.25) is 14.3 Å². The third kappa shape index (κ3) is 6.61. The third-order valence-corrected chi connectivity index (χ3v) is 9.67. The van der Waals surface area contributed by atoms with Crippen LogP contribution in [0.1, 0.15) is 31.7 Å². The molecule has 10 nitrogen and oxygen atoms in total. The van der Waals surface area contributed by atoms with Crippen LogP contribution < -0.4 is 10.1 Å². The van der Waals surface area contributed by atoms with Crippen LogP contribution in [0.5, 0.6) is 5.75 Å². The topological polar surface area (TPSA) is 119 Å². The lowest BCUT2D eigenvalue weighted by Gasteiger charge is -2.26. The van der Waals surface area contributed by atoms with Crippen molar-refractivity contribution < 1.29 is 17.9 Å². The Hall–Kier alpha value is -3.74. The Bertz CT molecular complexity index is 1600. The molecule has 1 saturated heterocycles. The predicted molar refractivity (Wildman–Crippen MR) is 159 cm³/mol. The summed E-state index contributed by atoms with van der Waals surface area (Å²) in [5.74, 6) is 1.10. The maximum atomic E-state index is 13.3. The van der Waals surface area contributed by atoms with Crippen LogP contribution in [0.15, 0.2) is 77.0 Å². The fourth-order valence-corrected chi connectivity index (χ4v) is 7.18. The Morgan fingerprint density at radius 3 is 2.54 bits per heavy atom. The van der Waals surface area contributed by atoms with Crippen LogP contribution in [0.3, 0.4) is 0 Å². The van der Waals surface area contributed by atoms with Gasteiger partial charge in [0.05, 0.1) is 17.3 Å². The lowest BCUT2D eigenvalue weighted by Crippen LogP contribution is -2.36. The largest absolute Gasteiger partial charge is 0.494 e. The summed E-state index contributed by atoms with van der Waals surface area (Å²) in [7, 11) is -3.63. The molecule has 0 radical (unpaired) electrons. The average molecular weight is 593 g/mol. The van der Waals surface area contributed by atoms with Gasteiger partial charge in [-0.05, 0) is 80.8 Å². The molecule has 0 atom stereocenters. The van der Waals surface area contributed by atoms with Crippen LogP contribution >= 0.6 is 11.8 Å². The van der Waals surface area contributed by atoms with E-state index >= 15 is 0 Å². The van der Waals surface area contributed by atoms with Crippen LogP contribution in [-0.2, 0) is 14.8 Å². The first-order valence-electron chi connectivity index (χ1n) is 13.5. The van der Waals surface area contributed by atoms with Crippen molar-refractivity contribution in [3.05, 3.63) is 72.6 Å². The molecule has 0 unspecified atom stereocenters. The molecule has 4 aromatic rings. The van der Waals surface area contributed by atoms with Crippen molar-refractivity contribution >= 4 is 33.4 Å². The second-order valence-corrected chi connectivity index (χ2v) is 12.4. The minimum atomic E-state index is -3.63. The molecule has 1 fully saturated rings. The molecule has 3 heterocycles. The zero-order chi connectivity index (χ0) is 28.8. The second kappa shape index (κ2) is 12.8. The highest BCUT2D eigenvalue weighted by atomic mass is 32.2. The van der Waals surface area contributed by atoms with Crippen LogP contribution in [0.25, 0.3) is 17.1 Å².